The average molecular weight is 249 g/mol. The second-order valence-electron chi connectivity index (χ2n) is 3.77. The van der Waals surface area contributed by atoms with Gasteiger partial charge in [-0.1, -0.05) is 0 Å². The van der Waals surface area contributed by atoms with Crippen LogP contribution in [-0.4, -0.2) is 29.7 Å². The van der Waals surface area contributed by atoms with Gasteiger partial charge in [0.1, 0.15) is 11.8 Å². The molecule has 0 spiro atoms. The Bertz CT molecular complexity index is 512. The predicted molar refractivity (Wildman–Crippen MR) is 60.5 cm³/mol. The van der Waals surface area contributed by atoms with Crippen LogP contribution in [0.1, 0.15) is 5.56 Å². The number of ether oxygens (including phenoxy) is 1. The second kappa shape index (κ2) is 5.00. The molecule has 94 valence electrons. The molecule has 0 N–H and O–H groups in total. The van der Waals surface area contributed by atoms with E-state index in [1.165, 1.54) is 19.2 Å². The third kappa shape index (κ3) is 2.56. The van der Waals surface area contributed by atoms with Crippen LogP contribution in [0.15, 0.2) is 18.2 Å². The zero-order valence-corrected chi connectivity index (χ0v) is 9.70. The Morgan fingerprint density at radius 1 is 1.67 bits per heavy atom. The van der Waals surface area contributed by atoms with E-state index < -0.39 is 4.92 Å². The summed E-state index contributed by atoms with van der Waals surface area (Å²) in [6, 6.07) is 6.20. The van der Waals surface area contributed by atoms with Crippen molar-refractivity contribution >= 4 is 5.69 Å². The highest BCUT2D eigenvalue weighted by atomic mass is 16.7. The zero-order chi connectivity index (χ0) is 13.1. The topological polar surface area (TPSA) is 88.4 Å². The van der Waals surface area contributed by atoms with Gasteiger partial charge in [0.05, 0.1) is 37.3 Å². The molecule has 2 rings (SSSR count). The van der Waals surface area contributed by atoms with Crippen LogP contribution >= 0.6 is 0 Å². The van der Waals surface area contributed by atoms with Gasteiger partial charge in [-0.2, -0.15) is 10.3 Å². The van der Waals surface area contributed by atoms with Crippen LogP contribution in [0.3, 0.4) is 0 Å². The van der Waals surface area contributed by atoms with Gasteiger partial charge >= 0.3 is 0 Å². The Kier molecular flexibility index (Phi) is 3.41. The molecule has 0 saturated carbocycles. The minimum atomic E-state index is -0.483. The van der Waals surface area contributed by atoms with Crippen LogP contribution in [0.5, 0.6) is 5.75 Å². The Morgan fingerprint density at radius 2 is 2.44 bits per heavy atom. The molecule has 0 amide bonds. The molecule has 0 aliphatic carbocycles. The van der Waals surface area contributed by atoms with Gasteiger partial charge in [-0.15, -0.1) is 0 Å². The maximum Gasteiger partial charge on any atom is 0.273 e. The molecule has 1 heterocycles. The highest BCUT2D eigenvalue weighted by Crippen LogP contribution is 2.27. The number of benzene rings is 1. The van der Waals surface area contributed by atoms with E-state index in [9.17, 15) is 10.1 Å². The minimum absolute atomic E-state index is 0.0303. The van der Waals surface area contributed by atoms with Crippen molar-refractivity contribution in [2.75, 3.05) is 13.7 Å². The van der Waals surface area contributed by atoms with E-state index in [1.807, 2.05) is 0 Å². The molecule has 0 radical (unpaired) electrons. The quantitative estimate of drug-likeness (QED) is 0.443. The smallest absolute Gasteiger partial charge is 0.273 e. The van der Waals surface area contributed by atoms with E-state index in [0.29, 0.717) is 17.9 Å². The van der Waals surface area contributed by atoms with E-state index >= 15 is 0 Å². The molecule has 0 aromatic heterocycles. The number of hydrogen-bond acceptors (Lipinski definition) is 6. The van der Waals surface area contributed by atoms with E-state index in [0.717, 1.165) is 0 Å². The summed E-state index contributed by atoms with van der Waals surface area (Å²) in [6.45, 7) is 0.811. The van der Waals surface area contributed by atoms with Crippen molar-refractivity contribution in [1.29, 1.82) is 5.26 Å². The summed E-state index contributed by atoms with van der Waals surface area (Å²) in [4.78, 5) is 15.5. The molecule has 2 unspecified atom stereocenters. The summed E-state index contributed by atoms with van der Waals surface area (Å²) < 4.78 is 5.07. The number of nitriles is 1. The van der Waals surface area contributed by atoms with Crippen molar-refractivity contribution in [2.24, 2.45) is 0 Å². The van der Waals surface area contributed by atoms with Crippen LogP contribution in [-0.2, 0) is 11.4 Å². The molecule has 7 heteroatoms. The van der Waals surface area contributed by atoms with E-state index in [1.54, 1.807) is 11.1 Å². The maximum atomic E-state index is 10.6. The molecular weight excluding hydrogens is 238 g/mol. The summed E-state index contributed by atoms with van der Waals surface area (Å²) >= 11 is 0. The summed E-state index contributed by atoms with van der Waals surface area (Å²) in [6.07, 6.45) is 0. The predicted octanol–water partition coefficient (Wildman–Crippen LogP) is 1.24. The largest absolute Gasteiger partial charge is 0.496 e. The Balaban J connectivity index is 2.04. The summed E-state index contributed by atoms with van der Waals surface area (Å²) in [7, 11) is 1.44. The van der Waals surface area contributed by atoms with Gasteiger partial charge in [0, 0.05) is 11.6 Å². The van der Waals surface area contributed by atoms with Crippen molar-refractivity contribution in [3.05, 3.63) is 33.9 Å². The fourth-order valence-electron chi connectivity index (χ4n) is 1.49. The monoisotopic (exact) mass is 249 g/mol. The van der Waals surface area contributed by atoms with Crippen molar-refractivity contribution in [3.8, 4) is 11.8 Å². The number of methoxy groups -OCH3 is 1. The van der Waals surface area contributed by atoms with Gasteiger partial charge in [-0.05, 0) is 6.07 Å². The third-order valence-corrected chi connectivity index (χ3v) is 2.58. The molecule has 1 aliphatic heterocycles. The number of nitro groups is 1. The lowest BCUT2D eigenvalue weighted by molar-refractivity contribution is -0.385. The lowest BCUT2D eigenvalue weighted by Gasteiger charge is -2.08. The van der Waals surface area contributed by atoms with Crippen molar-refractivity contribution in [1.82, 2.24) is 5.06 Å². The van der Waals surface area contributed by atoms with E-state index in [2.05, 4.69) is 6.07 Å². The maximum absolute atomic E-state index is 10.6. The molecular formula is C11H11N3O4. The van der Waals surface area contributed by atoms with Crippen molar-refractivity contribution in [2.45, 2.75) is 12.6 Å². The molecule has 1 aliphatic rings. The highest BCUT2D eigenvalue weighted by molar-refractivity contribution is 5.44. The molecule has 0 bridgehead atoms. The number of hydrogen-bond donors (Lipinski definition) is 0. The Labute approximate surface area is 103 Å². The average Bonchev–Trinajstić information content (AvgIpc) is 3.14. The van der Waals surface area contributed by atoms with Crippen LogP contribution in [0.25, 0.3) is 0 Å². The normalized spacial score (nSPS) is 21.1. The minimum Gasteiger partial charge on any atom is -0.496 e. The van der Waals surface area contributed by atoms with Gasteiger partial charge in [0.2, 0.25) is 0 Å². The third-order valence-electron chi connectivity index (χ3n) is 2.58. The van der Waals surface area contributed by atoms with Gasteiger partial charge in [-0.25, -0.2) is 0 Å². The fraction of sp³-hybridized carbons (Fsp3) is 0.364. The first-order valence-corrected chi connectivity index (χ1v) is 5.26. The molecule has 7 nitrogen and oxygen atoms in total. The lowest BCUT2D eigenvalue weighted by Crippen LogP contribution is -2.04. The van der Waals surface area contributed by atoms with Crippen molar-refractivity contribution in [3.63, 3.8) is 0 Å². The Morgan fingerprint density at radius 3 is 3.00 bits per heavy atom. The number of rotatable bonds is 5. The molecule has 1 saturated heterocycles. The number of non-ortho nitro benzene ring substituents is 1. The van der Waals surface area contributed by atoms with Gasteiger partial charge < -0.3 is 4.74 Å². The zero-order valence-electron chi connectivity index (χ0n) is 9.70. The lowest BCUT2D eigenvalue weighted by atomic mass is 10.2. The first kappa shape index (κ1) is 12.3. The summed E-state index contributed by atoms with van der Waals surface area (Å²) in [5.41, 5.74) is 0.670. The van der Waals surface area contributed by atoms with Gasteiger partial charge in [-0.3, -0.25) is 15.0 Å². The van der Waals surface area contributed by atoms with Crippen molar-refractivity contribution < 1.29 is 14.5 Å². The Hall–Kier alpha value is -2.17. The number of nitrogens with zero attached hydrogens (tertiary/aromatic N) is 3. The molecule has 18 heavy (non-hydrogen) atoms. The molecule has 2 atom stereocenters. The summed E-state index contributed by atoms with van der Waals surface area (Å²) in [5, 5.41) is 20.8. The standard InChI is InChI=1S/C11H11N3O4/c1-17-11-4-9(14(15)16)3-2-8(11)7-18-13-6-10(13)5-12/h2-4,10H,6-7H2,1H3. The first-order valence-electron chi connectivity index (χ1n) is 5.26. The van der Waals surface area contributed by atoms with E-state index in [-0.39, 0.29) is 18.3 Å². The molecule has 1 aromatic rings. The first-order chi connectivity index (χ1) is 8.65. The molecule has 1 fully saturated rings. The second-order valence-corrected chi connectivity index (χ2v) is 3.77. The molecule has 1 aromatic carbocycles. The van der Waals surface area contributed by atoms with Crippen LogP contribution in [0.2, 0.25) is 0 Å². The SMILES string of the molecule is COc1cc([N+](=O)[O-])ccc1CON1CC1C#N. The van der Waals surface area contributed by atoms with Gasteiger partial charge in [0.15, 0.2) is 0 Å². The number of hydroxylamine groups is 2. The van der Waals surface area contributed by atoms with E-state index in [4.69, 9.17) is 14.8 Å². The number of nitro benzene ring substituents is 1. The fourth-order valence-corrected chi connectivity index (χ4v) is 1.49. The van der Waals surface area contributed by atoms with Gasteiger partial charge in [0.25, 0.3) is 5.69 Å². The van der Waals surface area contributed by atoms with Crippen LogP contribution < -0.4 is 4.74 Å². The highest BCUT2D eigenvalue weighted by Gasteiger charge is 2.35. The summed E-state index contributed by atoms with van der Waals surface area (Å²) in [5.74, 6) is 0.402. The van der Waals surface area contributed by atoms with Crippen LogP contribution in [0.4, 0.5) is 5.69 Å². The van der Waals surface area contributed by atoms with Crippen LogP contribution in [0, 0.1) is 21.4 Å².